The smallest absolute Gasteiger partial charge is 0.269 e. The van der Waals surface area contributed by atoms with E-state index in [0.29, 0.717) is 17.4 Å². The molecule has 2 atom stereocenters. The van der Waals surface area contributed by atoms with Crippen LogP contribution >= 0.6 is 0 Å². The number of carbonyl (C=O) groups excluding carboxylic acids is 1. The molecule has 0 aliphatic heterocycles. The number of carbonyl (C=O) groups is 1. The Kier molecular flexibility index (Phi) is 6.69. The van der Waals surface area contributed by atoms with Crippen LogP contribution in [-0.2, 0) is 0 Å². The average molecular weight is 448 g/mol. The summed E-state index contributed by atoms with van der Waals surface area (Å²) in [5.41, 5.74) is 15.8. The number of rotatable bonds is 7. The number of primary amides is 1. The van der Waals surface area contributed by atoms with Crippen LogP contribution < -0.4 is 26.8 Å². The van der Waals surface area contributed by atoms with E-state index in [1.807, 2.05) is 37.3 Å². The minimum atomic E-state index is -0.619. The summed E-state index contributed by atoms with van der Waals surface area (Å²) >= 11 is 0. The molecule has 3 aromatic heterocycles. The maximum absolute atomic E-state index is 12.0. The molecule has 1 saturated carbocycles. The lowest BCUT2D eigenvalue weighted by Crippen LogP contribution is -2.42. The Bertz CT molecular complexity index is 1150. The van der Waals surface area contributed by atoms with Crippen LogP contribution in [0.25, 0.3) is 11.1 Å². The number of aryl methyl sites for hydroxylation is 1. The average Bonchev–Trinajstić information content (AvgIpc) is 2.81. The second kappa shape index (κ2) is 9.83. The van der Waals surface area contributed by atoms with Crippen LogP contribution in [0.5, 0.6) is 5.88 Å². The number of nitrogens with zero attached hydrogens (tertiary/aromatic N) is 3. The summed E-state index contributed by atoms with van der Waals surface area (Å²) in [4.78, 5) is 25.2. The molecule has 0 bridgehead atoms. The Morgan fingerprint density at radius 3 is 2.70 bits per heavy atom. The van der Waals surface area contributed by atoms with Crippen molar-refractivity contribution in [3.63, 3.8) is 0 Å². The van der Waals surface area contributed by atoms with Gasteiger partial charge in [-0.05, 0) is 50.1 Å². The van der Waals surface area contributed by atoms with Gasteiger partial charge in [0.05, 0.1) is 24.7 Å². The maximum Gasteiger partial charge on any atom is 0.269 e. The topological polar surface area (TPSA) is 141 Å². The molecule has 1 aliphatic rings. The molecule has 9 nitrogen and oxygen atoms in total. The Labute approximate surface area is 193 Å². The predicted molar refractivity (Wildman–Crippen MR) is 129 cm³/mol. The van der Waals surface area contributed by atoms with E-state index in [9.17, 15) is 4.79 Å². The molecule has 1 aliphatic carbocycles. The lowest BCUT2D eigenvalue weighted by Gasteiger charge is -2.30. The quantitative estimate of drug-likeness (QED) is 0.432. The van der Waals surface area contributed by atoms with Crippen molar-refractivity contribution in [2.45, 2.75) is 44.7 Å². The van der Waals surface area contributed by atoms with E-state index in [1.165, 1.54) is 0 Å². The Hall–Kier alpha value is -3.72. The van der Waals surface area contributed by atoms with E-state index in [-0.39, 0.29) is 17.8 Å². The molecule has 9 heteroatoms. The van der Waals surface area contributed by atoms with Gasteiger partial charge in [-0.3, -0.25) is 4.79 Å². The summed E-state index contributed by atoms with van der Waals surface area (Å²) in [5, 5.41) is 6.65. The molecule has 0 aromatic carbocycles. The van der Waals surface area contributed by atoms with Gasteiger partial charge in [0.25, 0.3) is 5.91 Å². The molecule has 4 rings (SSSR count). The summed E-state index contributed by atoms with van der Waals surface area (Å²) in [6.45, 7) is 1.91. The van der Waals surface area contributed by atoms with Crippen LogP contribution in [-0.4, -0.2) is 40.1 Å². The molecular weight excluding hydrogens is 418 g/mol. The van der Waals surface area contributed by atoms with Crippen molar-refractivity contribution in [1.82, 2.24) is 15.0 Å². The molecule has 0 unspecified atom stereocenters. The van der Waals surface area contributed by atoms with Gasteiger partial charge in [0.15, 0.2) is 5.69 Å². The third kappa shape index (κ3) is 5.04. The number of ether oxygens (including phenoxy) is 1. The SMILES string of the molecule is COc1ncccc1-c1ccc(Nc2cc(N[C@@H]3CCCC[C@@H]3N)cnc2C(N)=O)nc1C. The number of methoxy groups -OCH3 is 1. The monoisotopic (exact) mass is 447 g/mol. The van der Waals surface area contributed by atoms with Crippen LogP contribution in [0.1, 0.15) is 41.9 Å². The zero-order valence-corrected chi connectivity index (χ0v) is 18.8. The highest BCUT2D eigenvalue weighted by atomic mass is 16.5. The Balaban J connectivity index is 1.61. The van der Waals surface area contributed by atoms with Crippen LogP contribution in [0, 0.1) is 6.92 Å². The van der Waals surface area contributed by atoms with Gasteiger partial charge in [0.2, 0.25) is 5.88 Å². The van der Waals surface area contributed by atoms with Gasteiger partial charge in [0, 0.05) is 35.1 Å². The second-order valence-corrected chi connectivity index (χ2v) is 8.20. The van der Waals surface area contributed by atoms with E-state index >= 15 is 0 Å². The lowest BCUT2D eigenvalue weighted by molar-refractivity contribution is 0.0996. The van der Waals surface area contributed by atoms with Crippen molar-refractivity contribution in [3.8, 4) is 17.0 Å². The molecule has 1 fully saturated rings. The summed E-state index contributed by atoms with van der Waals surface area (Å²) in [6, 6.07) is 9.63. The number of nitrogens with two attached hydrogens (primary N) is 2. The minimum absolute atomic E-state index is 0.0901. The summed E-state index contributed by atoms with van der Waals surface area (Å²) in [6.07, 6.45) is 7.58. The summed E-state index contributed by atoms with van der Waals surface area (Å²) < 4.78 is 5.38. The first kappa shape index (κ1) is 22.5. The summed E-state index contributed by atoms with van der Waals surface area (Å²) in [5.74, 6) is 0.477. The molecule has 1 amide bonds. The van der Waals surface area contributed by atoms with Gasteiger partial charge >= 0.3 is 0 Å². The Morgan fingerprint density at radius 2 is 1.97 bits per heavy atom. The van der Waals surface area contributed by atoms with Gasteiger partial charge in [-0.15, -0.1) is 0 Å². The first-order chi connectivity index (χ1) is 16.0. The van der Waals surface area contributed by atoms with Gasteiger partial charge in [-0.2, -0.15) is 0 Å². The standard InChI is InChI=1S/C24H29N7O2/c1-14-16(17-6-5-11-27-24(17)33-2)9-10-21(29-14)31-20-12-15(13-28-22(20)23(26)32)30-19-8-4-3-7-18(19)25/h5-6,9-13,18-19,30H,3-4,7-8,25H2,1-2H3,(H2,26,32)(H,29,31)/t18-,19+/m0/s1. The molecule has 172 valence electrons. The first-order valence-corrected chi connectivity index (χ1v) is 11.0. The molecule has 33 heavy (non-hydrogen) atoms. The fourth-order valence-electron chi connectivity index (χ4n) is 4.20. The molecule has 3 aromatic rings. The zero-order chi connectivity index (χ0) is 23.4. The highest BCUT2D eigenvalue weighted by Crippen LogP contribution is 2.31. The Morgan fingerprint density at radius 1 is 1.15 bits per heavy atom. The molecule has 3 heterocycles. The third-order valence-electron chi connectivity index (χ3n) is 5.90. The van der Waals surface area contributed by atoms with Crippen molar-refractivity contribution in [2.75, 3.05) is 17.7 Å². The second-order valence-electron chi connectivity index (χ2n) is 8.20. The molecule has 0 radical (unpaired) electrons. The fraction of sp³-hybridized carbons (Fsp3) is 0.333. The van der Waals surface area contributed by atoms with Gasteiger partial charge in [0.1, 0.15) is 5.82 Å². The van der Waals surface area contributed by atoms with E-state index in [1.54, 1.807) is 19.5 Å². The van der Waals surface area contributed by atoms with E-state index < -0.39 is 5.91 Å². The lowest BCUT2D eigenvalue weighted by atomic mass is 9.91. The predicted octanol–water partition coefficient (Wildman–Crippen LogP) is 3.38. The zero-order valence-electron chi connectivity index (χ0n) is 18.8. The highest BCUT2D eigenvalue weighted by molar-refractivity contribution is 5.97. The normalized spacial score (nSPS) is 17.9. The molecule has 0 spiro atoms. The highest BCUT2D eigenvalue weighted by Gasteiger charge is 2.22. The first-order valence-electron chi connectivity index (χ1n) is 11.0. The number of amides is 1. The van der Waals surface area contributed by atoms with Crippen LogP contribution in [0.15, 0.2) is 42.7 Å². The van der Waals surface area contributed by atoms with Crippen molar-refractivity contribution >= 4 is 23.1 Å². The van der Waals surface area contributed by atoms with Crippen LogP contribution in [0.3, 0.4) is 0 Å². The van der Waals surface area contributed by atoms with E-state index in [2.05, 4.69) is 25.6 Å². The molecule has 6 N–H and O–H groups in total. The van der Waals surface area contributed by atoms with E-state index in [4.69, 9.17) is 16.2 Å². The van der Waals surface area contributed by atoms with Crippen molar-refractivity contribution < 1.29 is 9.53 Å². The van der Waals surface area contributed by atoms with Gasteiger partial charge < -0.3 is 26.8 Å². The number of hydrogen-bond donors (Lipinski definition) is 4. The number of pyridine rings is 3. The molecular formula is C24H29N7O2. The largest absolute Gasteiger partial charge is 0.481 e. The van der Waals surface area contributed by atoms with Crippen molar-refractivity contribution in [2.24, 2.45) is 11.5 Å². The van der Waals surface area contributed by atoms with Gasteiger partial charge in [-0.25, -0.2) is 15.0 Å². The number of hydrogen-bond acceptors (Lipinski definition) is 8. The van der Waals surface area contributed by atoms with Crippen LogP contribution in [0.2, 0.25) is 0 Å². The summed E-state index contributed by atoms with van der Waals surface area (Å²) in [7, 11) is 1.59. The number of anilines is 3. The van der Waals surface area contributed by atoms with Gasteiger partial charge in [-0.1, -0.05) is 12.8 Å². The van der Waals surface area contributed by atoms with Crippen molar-refractivity contribution in [3.05, 3.63) is 54.1 Å². The maximum atomic E-state index is 12.0. The van der Waals surface area contributed by atoms with Crippen molar-refractivity contribution in [1.29, 1.82) is 0 Å². The van der Waals surface area contributed by atoms with E-state index in [0.717, 1.165) is 48.2 Å². The van der Waals surface area contributed by atoms with Crippen LogP contribution in [0.4, 0.5) is 17.2 Å². The minimum Gasteiger partial charge on any atom is -0.481 e. The fourth-order valence-corrected chi connectivity index (χ4v) is 4.20. The third-order valence-corrected chi connectivity index (χ3v) is 5.90. The number of nitrogens with one attached hydrogen (secondary N) is 2. The molecule has 0 saturated heterocycles. The number of aromatic nitrogens is 3.